The minimum Gasteiger partial charge on any atom is -0.356 e. The van der Waals surface area contributed by atoms with E-state index in [0.29, 0.717) is 13.0 Å². The van der Waals surface area contributed by atoms with Crippen LogP contribution in [0.2, 0.25) is 0 Å². The molecule has 18 heavy (non-hydrogen) atoms. The number of amides is 1. The molecule has 0 radical (unpaired) electrons. The van der Waals surface area contributed by atoms with Gasteiger partial charge in [-0.2, -0.15) is 0 Å². The molecule has 0 saturated carbocycles. The summed E-state index contributed by atoms with van der Waals surface area (Å²) in [6, 6.07) is 8.44. The first-order valence-electron chi connectivity index (χ1n) is 6.16. The lowest BCUT2D eigenvalue weighted by atomic mass is 10.1. The molecule has 0 spiro atoms. The molecule has 3 nitrogen and oxygen atoms in total. The molecule has 0 saturated heterocycles. The number of benzene rings is 1. The van der Waals surface area contributed by atoms with Gasteiger partial charge in [-0.15, -0.1) is 12.4 Å². The van der Waals surface area contributed by atoms with Crippen molar-refractivity contribution in [2.75, 3.05) is 6.54 Å². The molecule has 102 valence electrons. The van der Waals surface area contributed by atoms with Gasteiger partial charge in [-0.3, -0.25) is 4.79 Å². The van der Waals surface area contributed by atoms with E-state index < -0.39 is 0 Å². The van der Waals surface area contributed by atoms with E-state index in [-0.39, 0.29) is 24.4 Å². The Bertz CT molecular complexity index is 349. The maximum Gasteiger partial charge on any atom is 0.220 e. The summed E-state index contributed by atoms with van der Waals surface area (Å²) in [6.45, 7) is 4.67. The predicted molar refractivity (Wildman–Crippen MR) is 78.0 cm³/mol. The van der Waals surface area contributed by atoms with Gasteiger partial charge in [-0.25, -0.2) is 0 Å². The van der Waals surface area contributed by atoms with Gasteiger partial charge in [0.2, 0.25) is 5.91 Å². The van der Waals surface area contributed by atoms with Crippen LogP contribution in [0.5, 0.6) is 0 Å². The summed E-state index contributed by atoms with van der Waals surface area (Å²) < 4.78 is 0. The van der Waals surface area contributed by atoms with Crippen LogP contribution >= 0.6 is 12.4 Å². The van der Waals surface area contributed by atoms with Crippen molar-refractivity contribution in [1.29, 1.82) is 0 Å². The van der Waals surface area contributed by atoms with Crippen LogP contribution in [0.15, 0.2) is 24.3 Å². The molecule has 0 bridgehead atoms. The number of rotatable bonds is 6. The summed E-state index contributed by atoms with van der Waals surface area (Å²) in [7, 11) is 0. The third-order valence-electron chi connectivity index (χ3n) is 2.68. The monoisotopic (exact) mass is 270 g/mol. The zero-order chi connectivity index (χ0) is 12.7. The third-order valence-corrected chi connectivity index (χ3v) is 2.68. The van der Waals surface area contributed by atoms with Gasteiger partial charge in [0, 0.05) is 19.0 Å². The number of nitrogens with one attached hydrogen (secondary N) is 1. The molecule has 1 aromatic rings. The largest absolute Gasteiger partial charge is 0.356 e. The molecule has 1 atom stereocenters. The molecule has 0 aliphatic heterocycles. The number of carbonyl (C=O) groups excluding carboxylic acids is 1. The van der Waals surface area contributed by atoms with Gasteiger partial charge in [0.1, 0.15) is 0 Å². The Morgan fingerprint density at radius 1 is 1.33 bits per heavy atom. The Kier molecular flexibility index (Phi) is 8.42. The molecular weight excluding hydrogens is 248 g/mol. The minimum atomic E-state index is 0. The van der Waals surface area contributed by atoms with Crippen molar-refractivity contribution in [3.63, 3.8) is 0 Å². The Balaban J connectivity index is 0.00000289. The second kappa shape index (κ2) is 8.95. The average Bonchev–Trinajstić information content (AvgIpc) is 2.28. The fraction of sp³-hybridized carbons (Fsp3) is 0.500. The van der Waals surface area contributed by atoms with Crippen LogP contribution in [0.3, 0.4) is 0 Å². The minimum absolute atomic E-state index is 0. The zero-order valence-corrected chi connectivity index (χ0v) is 11.9. The van der Waals surface area contributed by atoms with E-state index in [9.17, 15) is 4.79 Å². The SMILES string of the molecule is Cc1ccc(CCC(=O)NCCC(C)N)cc1.Cl. The Hall–Kier alpha value is -1.06. The van der Waals surface area contributed by atoms with Gasteiger partial charge >= 0.3 is 0 Å². The Morgan fingerprint density at radius 2 is 1.94 bits per heavy atom. The van der Waals surface area contributed by atoms with Crippen molar-refractivity contribution in [2.24, 2.45) is 5.73 Å². The summed E-state index contributed by atoms with van der Waals surface area (Å²) >= 11 is 0. The van der Waals surface area contributed by atoms with Gasteiger partial charge in [0.25, 0.3) is 0 Å². The zero-order valence-electron chi connectivity index (χ0n) is 11.1. The van der Waals surface area contributed by atoms with E-state index in [1.807, 2.05) is 6.92 Å². The lowest BCUT2D eigenvalue weighted by molar-refractivity contribution is -0.121. The van der Waals surface area contributed by atoms with Crippen molar-refractivity contribution in [3.8, 4) is 0 Å². The van der Waals surface area contributed by atoms with Crippen LogP contribution in [-0.4, -0.2) is 18.5 Å². The first-order chi connectivity index (χ1) is 8.08. The number of nitrogens with two attached hydrogens (primary N) is 1. The maximum absolute atomic E-state index is 11.5. The lowest BCUT2D eigenvalue weighted by Gasteiger charge is -2.07. The average molecular weight is 271 g/mol. The molecule has 0 fully saturated rings. The molecule has 3 N–H and O–H groups in total. The van der Waals surface area contributed by atoms with Gasteiger partial charge < -0.3 is 11.1 Å². The third kappa shape index (κ3) is 7.30. The highest BCUT2D eigenvalue weighted by Gasteiger charge is 2.02. The predicted octanol–water partition coefficient (Wildman–Crippen LogP) is 2.20. The highest BCUT2D eigenvalue weighted by molar-refractivity contribution is 5.85. The first-order valence-corrected chi connectivity index (χ1v) is 6.16. The van der Waals surface area contributed by atoms with Crippen LogP contribution in [0.1, 0.15) is 30.9 Å². The summed E-state index contributed by atoms with van der Waals surface area (Å²) in [5.41, 5.74) is 8.06. The highest BCUT2D eigenvalue weighted by Crippen LogP contribution is 2.05. The second-order valence-electron chi connectivity index (χ2n) is 4.60. The molecule has 1 amide bonds. The van der Waals surface area contributed by atoms with Gasteiger partial charge in [-0.1, -0.05) is 29.8 Å². The Labute approximate surface area is 116 Å². The quantitative estimate of drug-likeness (QED) is 0.833. The molecule has 0 aliphatic carbocycles. The van der Waals surface area contributed by atoms with Gasteiger partial charge in [-0.05, 0) is 32.3 Å². The van der Waals surface area contributed by atoms with Gasteiger partial charge in [0.05, 0.1) is 0 Å². The molecular formula is C14H23ClN2O. The molecule has 1 rings (SSSR count). The van der Waals surface area contributed by atoms with E-state index in [4.69, 9.17) is 5.73 Å². The van der Waals surface area contributed by atoms with Crippen molar-refractivity contribution < 1.29 is 4.79 Å². The maximum atomic E-state index is 11.5. The van der Waals surface area contributed by atoms with Crippen molar-refractivity contribution >= 4 is 18.3 Å². The number of hydrogen-bond acceptors (Lipinski definition) is 2. The summed E-state index contributed by atoms with van der Waals surface area (Å²) in [5.74, 6) is 0.103. The van der Waals surface area contributed by atoms with Crippen LogP contribution in [0.25, 0.3) is 0 Å². The van der Waals surface area contributed by atoms with E-state index >= 15 is 0 Å². The molecule has 1 unspecified atom stereocenters. The number of carbonyl (C=O) groups is 1. The van der Waals surface area contributed by atoms with Crippen LogP contribution in [-0.2, 0) is 11.2 Å². The fourth-order valence-electron chi connectivity index (χ4n) is 1.54. The number of halogens is 1. The normalized spacial score (nSPS) is 11.5. The number of hydrogen-bond donors (Lipinski definition) is 2. The van der Waals surface area contributed by atoms with E-state index in [2.05, 4.69) is 36.5 Å². The van der Waals surface area contributed by atoms with E-state index in [0.717, 1.165) is 12.8 Å². The topological polar surface area (TPSA) is 55.1 Å². The summed E-state index contributed by atoms with van der Waals surface area (Å²) in [4.78, 5) is 11.5. The van der Waals surface area contributed by atoms with E-state index in [1.54, 1.807) is 0 Å². The van der Waals surface area contributed by atoms with Crippen LogP contribution in [0, 0.1) is 6.92 Å². The smallest absolute Gasteiger partial charge is 0.220 e. The first kappa shape index (κ1) is 16.9. The van der Waals surface area contributed by atoms with E-state index in [1.165, 1.54) is 11.1 Å². The number of aryl methyl sites for hydroxylation is 2. The molecule has 0 aliphatic rings. The molecule has 1 aromatic carbocycles. The standard InChI is InChI=1S/C14H22N2O.ClH/c1-11-3-5-13(6-4-11)7-8-14(17)16-10-9-12(2)15;/h3-6,12H,7-10,15H2,1-2H3,(H,16,17);1H. The summed E-state index contributed by atoms with van der Waals surface area (Å²) in [6.07, 6.45) is 2.17. The highest BCUT2D eigenvalue weighted by atomic mass is 35.5. The molecule has 4 heteroatoms. The van der Waals surface area contributed by atoms with Crippen molar-refractivity contribution in [2.45, 2.75) is 39.2 Å². The molecule has 0 heterocycles. The summed E-state index contributed by atoms with van der Waals surface area (Å²) in [5, 5.41) is 2.88. The fourth-order valence-corrected chi connectivity index (χ4v) is 1.54. The van der Waals surface area contributed by atoms with Crippen LogP contribution in [0.4, 0.5) is 0 Å². The lowest BCUT2D eigenvalue weighted by Crippen LogP contribution is -2.29. The molecule has 0 aromatic heterocycles. The van der Waals surface area contributed by atoms with Crippen molar-refractivity contribution in [1.82, 2.24) is 5.32 Å². The van der Waals surface area contributed by atoms with Crippen molar-refractivity contribution in [3.05, 3.63) is 35.4 Å². The van der Waals surface area contributed by atoms with Crippen LogP contribution < -0.4 is 11.1 Å². The Morgan fingerprint density at radius 3 is 2.50 bits per heavy atom. The van der Waals surface area contributed by atoms with Gasteiger partial charge in [0.15, 0.2) is 0 Å². The second-order valence-corrected chi connectivity index (χ2v) is 4.60.